The van der Waals surface area contributed by atoms with Crippen molar-refractivity contribution in [2.75, 3.05) is 26.1 Å². The van der Waals surface area contributed by atoms with Crippen molar-refractivity contribution in [3.8, 4) is 16.9 Å². The molecule has 0 atom stereocenters. The van der Waals surface area contributed by atoms with Crippen LogP contribution in [0, 0.1) is 6.92 Å². The molecule has 2 aromatic rings. The molecule has 0 unspecified atom stereocenters. The van der Waals surface area contributed by atoms with Crippen molar-refractivity contribution in [1.82, 2.24) is 5.16 Å². The highest BCUT2D eigenvalue weighted by Gasteiger charge is 2.27. The second-order valence-electron chi connectivity index (χ2n) is 5.40. The van der Waals surface area contributed by atoms with E-state index in [1.165, 1.54) is 0 Å². The average Bonchev–Trinajstić information content (AvgIpc) is 2.89. The van der Waals surface area contributed by atoms with E-state index in [4.69, 9.17) is 19.7 Å². The van der Waals surface area contributed by atoms with Crippen LogP contribution in [0.2, 0.25) is 0 Å². The third-order valence-corrected chi connectivity index (χ3v) is 3.98. The second-order valence-corrected chi connectivity index (χ2v) is 5.40. The van der Waals surface area contributed by atoms with E-state index in [1.54, 1.807) is 7.11 Å². The van der Waals surface area contributed by atoms with Gasteiger partial charge in [0.25, 0.3) is 0 Å². The van der Waals surface area contributed by atoms with Crippen LogP contribution in [0.3, 0.4) is 0 Å². The number of nitrogen functional groups attached to an aromatic ring is 1. The van der Waals surface area contributed by atoms with Crippen LogP contribution in [-0.4, -0.2) is 25.5 Å². The molecule has 1 fully saturated rings. The summed E-state index contributed by atoms with van der Waals surface area (Å²) < 4.78 is 16.2. The van der Waals surface area contributed by atoms with Gasteiger partial charge in [0.15, 0.2) is 0 Å². The molecule has 0 aliphatic carbocycles. The van der Waals surface area contributed by atoms with Crippen LogP contribution in [0.5, 0.6) is 5.75 Å². The van der Waals surface area contributed by atoms with Gasteiger partial charge in [-0.1, -0.05) is 16.8 Å². The Labute approximate surface area is 124 Å². The summed E-state index contributed by atoms with van der Waals surface area (Å²) in [5.74, 6) is 1.45. The summed E-state index contributed by atoms with van der Waals surface area (Å²) in [4.78, 5) is 0. The zero-order chi connectivity index (χ0) is 14.8. The Hall–Kier alpha value is -2.01. The zero-order valence-corrected chi connectivity index (χ0v) is 12.4. The van der Waals surface area contributed by atoms with Gasteiger partial charge in [-0.25, -0.2) is 0 Å². The van der Waals surface area contributed by atoms with Gasteiger partial charge in [-0.3, -0.25) is 0 Å². The maximum Gasteiger partial charge on any atom is 0.230 e. The van der Waals surface area contributed by atoms with Crippen molar-refractivity contribution in [2.45, 2.75) is 25.7 Å². The van der Waals surface area contributed by atoms with Gasteiger partial charge in [-0.2, -0.15) is 0 Å². The fourth-order valence-electron chi connectivity index (χ4n) is 2.85. The number of hydrogen-bond donors (Lipinski definition) is 1. The molecule has 5 nitrogen and oxygen atoms in total. The van der Waals surface area contributed by atoms with Crippen molar-refractivity contribution in [2.24, 2.45) is 0 Å². The molecule has 0 spiro atoms. The molecule has 1 aliphatic rings. The van der Waals surface area contributed by atoms with Gasteiger partial charge in [-0.05, 0) is 31.9 Å². The number of nitrogens with zero attached hydrogens (tertiary/aromatic N) is 1. The molecular formula is C16H20N2O3. The minimum absolute atomic E-state index is 0.319. The summed E-state index contributed by atoms with van der Waals surface area (Å²) in [6.07, 6.45) is 1.88. The molecule has 1 aromatic heterocycles. The first kappa shape index (κ1) is 13.9. The van der Waals surface area contributed by atoms with Crippen LogP contribution in [0.25, 0.3) is 11.1 Å². The molecular weight excluding hydrogens is 268 g/mol. The number of aryl methyl sites for hydroxylation is 1. The number of anilines is 1. The van der Waals surface area contributed by atoms with E-state index in [2.05, 4.69) is 11.2 Å². The first-order valence-corrected chi connectivity index (χ1v) is 7.18. The Morgan fingerprint density at radius 1 is 1.29 bits per heavy atom. The first-order valence-electron chi connectivity index (χ1n) is 7.18. The lowest BCUT2D eigenvalue weighted by Crippen LogP contribution is -2.15. The average molecular weight is 288 g/mol. The van der Waals surface area contributed by atoms with Crippen molar-refractivity contribution in [3.05, 3.63) is 29.5 Å². The van der Waals surface area contributed by atoms with Gasteiger partial charge in [0.1, 0.15) is 5.75 Å². The molecule has 1 saturated heterocycles. The fourth-order valence-corrected chi connectivity index (χ4v) is 2.85. The van der Waals surface area contributed by atoms with Gasteiger partial charge in [0.05, 0.1) is 18.4 Å². The van der Waals surface area contributed by atoms with Crippen molar-refractivity contribution >= 4 is 5.88 Å². The molecule has 21 heavy (non-hydrogen) atoms. The molecule has 2 heterocycles. The number of hydrogen-bond acceptors (Lipinski definition) is 5. The Balaban J connectivity index is 2.09. The summed E-state index contributed by atoms with van der Waals surface area (Å²) in [7, 11) is 1.66. The topological polar surface area (TPSA) is 70.5 Å². The third-order valence-electron chi connectivity index (χ3n) is 3.98. The number of nitrogens with two attached hydrogens (primary N) is 1. The number of aromatic nitrogens is 1. The van der Waals surface area contributed by atoms with Crippen LogP contribution < -0.4 is 10.5 Å². The molecule has 1 aliphatic heterocycles. The lowest BCUT2D eigenvalue weighted by atomic mass is 9.90. The Morgan fingerprint density at radius 3 is 2.76 bits per heavy atom. The molecule has 0 amide bonds. The van der Waals surface area contributed by atoms with E-state index >= 15 is 0 Å². The summed E-state index contributed by atoms with van der Waals surface area (Å²) in [6, 6.07) is 6.02. The monoisotopic (exact) mass is 288 g/mol. The van der Waals surface area contributed by atoms with E-state index in [0.29, 0.717) is 11.8 Å². The molecule has 1 aromatic carbocycles. The number of methoxy groups -OCH3 is 1. The van der Waals surface area contributed by atoms with Gasteiger partial charge >= 0.3 is 0 Å². The van der Waals surface area contributed by atoms with E-state index in [1.807, 2.05) is 19.1 Å². The smallest absolute Gasteiger partial charge is 0.230 e. The summed E-state index contributed by atoms with van der Waals surface area (Å²) in [5.41, 5.74) is 9.90. The van der Waals surface area contributed by atoms with Crippen molar-refractivity contribution in [3.63, 3.8) is 0 Å². The van der Waals surface area contributed by atoms with Gasteiger partial charge in [0, 0.05) is 24.7 Å². The molecule has 112 valence electrons. The molecule has 0 radical (unpaired) electrons. The number of ether oxygens (including phenoxy) is 2. The second kappa shape index (κ2) is 5.77. The quantitative estimate of drug-likeness (QED) is 0.939. The Kier molecular flexibility index (Phi) is 3.84. The fraction of sp³-hybridized carbons (Fsp3) is 0.438. The predicted molar refractivity (Wildman–Crippen MR) is 80.4 cm³/mol. The van der Waals surface area contributed by atoms with Crippen LogP contribution >= 0.6 is 0 Å². The molecule has 0 saturated carbocycles. The Bertz CT molecular complexity index is 630. The van der Waals surface area contributed by atoms with Crippen LogP contribution in [0.1, 0.15) is 30.0 Å². The Morgan fingerprint density at radius 2 is 2.05 bits per heavy atom. The largest absolute Gasteiger partial charge is 0.496 e. The summed E-state index contributed by atoms with van der Waals surface area (Å²) >= 11 is 0. The highest BCUT2D eigenvalue weighted by Crippen LogP contribution is 2.41. The van der Waals surface area contributed by atoms with E-state index < -0.39 is 0 Å². The van der Waals surface area contributed by atoms with Gasteiger partial charge in [0.2, 0.25) is 5.88 Å². The van der Waals surface area contributed by atoms with Crippen molar-refractivity contribution < 1.29 is 14.0 Å². The van der Waals surface area contributed by atoms with Crippen LogP contribution in [0.4, 0.5) is 5.88 Å². The van der Waals surface area contributed by atoms with E-state index in [9.17, 15) is 0 Å². The molecule has 3 rings (SSSR count). The predicted octanol–water partition coefficient (Wildman–Crippen LogP) is 3.13. The normalized spacial score (nSPS) is 16.1. The summed E-state index contributed by atoms with van der Waals surface area (Å²) in [5, 5.41) is 4.21. The summed E-state index contributed by atoms with van der Waals surface area (Å²) in [6.45, 7) is 3.55. The van der Waals surface area contributed by atoms with Crippen LogP contribution in [-0.2, 0) is 4.74 Å². The first-order chi connectivity index (χ1) is 10.2. The highest BCUT2D eigenvalue weighted by atomic mass is 16.5. The van der Waals surface area contributed by atoms with Crippen molar-refractivity contribution in [1.29, 1.82) is 0 Å². The SMILES string of the molecule is COc1ccc(C)cc1-c1c(C2CCOCC2)noc1N. The zero-order valence-electron chi connectivity index (χ0n) is 12.4. The number of rotatable bonds is 3. The lowest BCUT2D eigenvalue weighted by Gasteiger charge is -2.21. The van der Waals surface area contributed by atoms with E-state index in [-0.39, 0.29) is 0 Å². The number of benzene rings is 1. The van der Waals surface area contributed by atoms with Gasteiger partial charge < -0.3 is 19.7 Å². The standard InChI is InChI=1S/C16H20N2O3/c1-10-3-4-13(19-2)12(9-10)14-15(18-21-16(14)17)11-5-7-20-8-6-11/h3-4,9,11H,5-8,17H2,1-2H3. The molecule has 5 heteroatoms. The van der Waals surface area contributed by atoms with Gasteiger partial charge in [-0.15, -0.1) is 0 Å². The maximum absolute atomic E-state index is 6.04. The van der Waals surface area contributed by atoms with E-state index in [0.717, 1.165) is 54.2 Å². The third kappa shape index (κ3) is 2.61. The maximum atomic E-state index is 6.04. The minimum Gasteiger partial charge on any atom is -0.496 e. The molecule has 2 N–H and O–H groups in total. The molecule has 0 bridgehead atoms. The highest BCUT2D eigenvalue weighted by molar-refractivity contribution is 5.80. The minimum atomic E-state index is 0.319. The lowest BCUT2D eigenvalue weighted by molar-refractivity contribution is 0.0839. The van der Waals surface area contributed by atoms with Crippen LogP contribution in [0.15, 0.2) is 22.7 Å².